The minimum atomic E-state index is -1.27. The quantitative estimate of drug-likeness (QED) is 0.0812. The Morgan fingerprint density at radius 1 is 0.912 bits per heavy atom. The molecule has 0 radical (unpaired) electrons. The molecule has 6 N–H and O–H groups in total. The van der Waals surface area contributed by atoms with Gasteiger partial charge in [0.15, 0.2) is 6.61 Å². The Bertz CT molecular complexity index is 1890. The highest BCUT2D eigenvalue weighted by atomic mass is 16.5. The van der Waals surface area contributed by atoms with E-state index in [2.05, 4.69) is 30.9 Å². The summed E-state index contributed by atoms with van der Waals surface area (Å²) in [5.41, 5.74) is 0.627. The number of carbonyl (C=O) groups excluding carboxylic acids is 4. The number of rotatable bonds is 19. The molecule has 0 bridgehead atoms. The average molecular weight is 784 g/mol. The number of fused-ring (bicyclic) bond motifs is 1. The van der Waals surface area contributed by atoms with Crippen LogP contribution in [-0.2, 0) is 25.6 Å². The van der Waals surface area contributed by atoms with Gasteiger partial charge >= 0.3 is 0 Å². The van der Waals surface area contributed by atoms with E-state index in [1.54, 1.807) is 36.7 Å². The molecule has 1 aliphatic carbocycles. The van der Waals surface area contributed by atoms with E-state index in [9.17, 15) is 29.4 Å². The van der Waals surface area contributed by atoms with Crippen LogP contribution in [-0.4, -0.2) is 92.8 Å². The number of hydrogen-bond donors (Lipinski definition) is 6. The van der Waals surface area contributed by atoms with Crippen molar-refractivity contribution in [2.75, 3.05) is 18.6 Å². The molecule has 0 aliphatic heterocycles. The summed E-state index contributed by atoms with van der Waals surface area (Å²) in [6.07, 6.45) is 7.96. The molecule has 2 aromatic heterocycles. The highest BCUT2D eigenvalue weighted by Gasteiger charge is 2.36. The van der Waals surface area contributed by atoms with Crippen molar-refractivity contribution in [2.24, 2.45) is 17.8 Å². The molecule has 4 aromatic rings. The molecule has 14 nitrogen and oxygen atoms in total. The van der Waals surface area contributed by atoms with Crippen LogP contribution in [0.25, 0.3) is 10.8 Å². The van der Waals surface area contributed by atoms with E-state index in [-0.39, 0.29) is 31.3 Å². The zero-order chi connectivity index (χ0) is 40.9. The van der Waals surface area contributed by atoms with Crippen molar-refractivity contribution in [3.63, 3.8) is 0 Å². The number of nitrogens with one attached hydrogen (secondary N) is 4. The van der Waals surface area contributed by atoms with Gasteiger partial charge in [0.25, 0.3) is 11.8 Å². The second kappa shape index (κ2) is 20.7. The summed E-state index contributed by atoms with van der Waals surface area (Å²) in [5, 5.41) is 33.0. The number of pyridine rings is 1. The summed E-state index contributed by atoms with van der Waals surface area (Å²) < 4.78 is 5.91. The standard InChI is InChI=1S/C43H57N7O7/c1-27(2)33(41(54)49-40(28(3)51)43(56)50(4)38-19-10-11-20-45-38)23-36(52)34(21-29-13-6-5-7-14-29)48-42(55)35(22-31-24-44-26-46-31)47-39(53)25-57-37-18-12-16-30-15-8-9-17-32(30)37/h8-12,15-20,24,26-29,33-36,40,51-52H,5-7,13-14,21-23,25H2,1-4H3,(H,44,46)(H,47,53)(H,48,55)(H,49,54)/t28?,33-,34?,35-,36-,40-/m0/s1. The van der Waals surface area contributed by atoms with Crippen LogP contribution in [0.3, 0.4) is 0 Å². The largest absolute Gasteiger partial charge is 0.483 e. The van der Waals surface area contributed by atoms with Gasteiger partial charge < -0.3 is 35.9 Å². The maximum absolute atomic E-state index is 14.2. The molecule has 14 heteroatoms. The number of H-pyrrole nitrogens is 1. The smallest absolute Gasteiger partial charge is 0.258 e. The molecule has 2 aromatic carbocycles. The van der Waals surface area contributed by atoms with Crippen molar-refractivity contribution >= 4 is 40.2 Å². The third-order valence-corrected chi connectivity index (χ3v) is 10.8. The molecule has 1 saturated carbocycles. The van der Waals surface area contributed by atoms with Crippen molar-refractivity contribution < 1.29 is 34.1 Å². The number of amides is 4. The van der Waals surface area contributed by atoms with Crippen LogP contribution in [0.15, 0.2) is 79.4 Å². The monoisotopic (exact) mass is 783 g/mol. The number of ether oxygens (including phenoxy) is 1. The van der Waals surface area contributed by atoms with E-state index in [1.807, 2.05) is 50.2 Å². The Balaban J connectivity index is 1.30. The van der Waals surface area contributed by atoms with Crippen LogP contribution in [0.1, 0.15) is 71.4 Å². The lowest BCUT2D eigenvalue weighted by Gasteiger charge is -2.34. The van der Waals surface area contributed by atoms with E-state index >= 15 is 0 Å². The molecular formula is C43H57N7O7. The van der Waals surface area contributed by atoms with Gasteiger partial charge in [0.05, 0.1) is 24.6 Å². The maximum atomic E-state index is 14.2. The number of aromatic amines is 1. The van der Waals surface area contributed by atoms with Crippen LogP contribution in [0.5, 0.6) is 5.75 Å². The number of aromatic nitrogens is 3. The Kier molecular flexibility index (Phi) is 15.6. The fraction of sp³-hybridized carbons (Fsp3) is 0.488. The van der Waals surface area contributed by atoms with Gasteiger partial charge in [-0.3, -0.25) is 24.1 Å². The van der Waals surface area contributed by atoms with Gasteiger partial charge in [0.2, 0.25) is 11.8 Å². The van der Waals surface area contributed by atoms with Crippen molar-refractivity contribution in [1.29, 1.82) is 0 Å². The van der Waals surface area contributed by atoms with E-state index in [4.69, 9.17) is 4.74 Å². The van der Waals surface area contributed by atoms with Crippen molar-refractivity contribution in [3.8, 4) is 5.75 Å². The fourth-order valence-corrected chi connectivity index (χ4v) is 7.53. The molecule has 0 spiro atoms. The second-order valence-electron chi connectivity index (χ2n) is 15.5. The molecule has 1 fully saturated rings. The van der Waals surface area contributed by atoms with Gasteiger partial charge in [-0.1, -0.05) is 88.4 Å². The molecule has 0 saturated heterocycles. The van der Waals surface area contributed by atoms with Crippen molar-refractivity contribution in [2.45, 2.75) is 102 Å². The van der Waals surface area contributed by atoms with Crippen LogP contribution >= 0.6 is 0 Å². The summed E-state index contributed by atoms with van der Waals surface area (Å²) in [6, 6.07) is 15.3. The highest BCUT2D eigenvalue weighted by Crippen LogP contribution is 2.30. The number of aliphatic hydroxyl groups excluding tert-OH is 2. The molecule has 306 valence electrons. The fourth-order valence-electron chi connectivity index (χ4n) is 7.53. The first-order valence-corrected chi connectivity index (χ1v) is 19.9. The molecular weight excluding hydrogens is 727 g/mol. The number of carbonyl (C=O) groups is 4. The highest BCUT2D eigenvalue weighted by molar-refractivity contribution is 5.99. The van der Waals surface area contributed by atoms with Crippen LogP contribution < -0.4 is 25.6 Å². The van der Waals surface area contributed by atoms with Gasteiger partial charge in [-0.2, -0.15) is 0 Å². The van der Waals surface area contributed by atoms with Crippen LogP contribution in [0, 0.1) is 17.8 Å². The lowest BCUT2D eigenvalue weighted by molar-refractivity contribution is -0.134. The van der Waals surface area contributed by atoms with Crippen molar-refractivity contribution in [1.82, 2.24) is 30.9 Å². The summed E-state index contributed by atoms with van der Waals surface area (Å²) in [6.45, 7) is 4.80. The molecule has 1 aliphatic rings. The van der Waals surface area contributed by atoms with Crippen molar-refractivity contribution in [3.05, 3.63) is 85.1 Å². The molecule has 57 heavy (non-hydrogen) atoms. The molecule has 6 atom stereocenters. The summed E-state index contributed by atoms with van der Waals surface area (Å²) in [5.74, 6) is -1.93. The molecule has 2 unspecified atom stereocenters. The number of likely N-dealkylation sites (N-methyl/N-ethyl adjacent to an activating group) is 1. The van der Waals surface area contributed by atoms with Gasteiger partial charge in [-0.15, -0.1) is 0 Å². The van der Waals surface area contributed by atoms with Crippen LogP contribution in [0.2, 0.25) is 0 Å². The number of aliphatic hydroxyl groups is 2. The predicted octanol–water partition coefficient (Wildman–Crippen LogP) is 4.07. The van der Waals surface area contributed by atoms with Crippen LogP contribution in [0.4, 0.5) is 5.82 Å². The van der Waals surface area contributed by atoms with E-state index in [0.717, 1.165) is 42.9 Å². The van der Waals surface area contributed by atoms with Gasteiger partial charge in [-0.25, -0.2) is 9.97 Å². The summed E-state index contributed by atoms with van der Waals surface area (Å²) in [4.78, 5) is 67.5. The third kappa shape index (κ3) is 12.1. The third-order valence-electron chi connectivity index (χ3n) is 10.8. The first-order valence-electron chi connectivity index (χ1n) is 19.9. The van der Waals surface area contributed by atoms with E-state index in [0.29, 0.717) is 23.7 Å². The Morgan fingerprint density at radius 2 is 1.65 bits per heavy atom. The Labute approximate surface area is 334 Å². The lowest BCUT2D eigenvalue weighted by Crippen LogP contribution is -2.56. The zero-order valence-corrected chi connectivity index (χ0v) is 33.3. The first-order chi connectivity index (χ1) is 27.4. The number of anilines is 1. The first kappa shape index (κ1) is 42.8. The van der Waals surface area contributed by atoms with E-state index in [1.165, 1.54) is 25.2 Å². The topological polar surface area (TPSA) is 199 Å². The SMILES string of the molecule is CC(C)[C@H](C[C@H](O)C(CC1CCCCC1)NC(=O)[C@H](Cc1cnc[nH]1)NC(=O)COc1cccc2ccccc12)C(=O)N[C@H](C(=O)N(C)c1ccccn1)C(C)O. The normalized spacial score (nSPS) is 16.5. The minimum Gasteiger partial charge on any atom is -0.483 e. The molecule has 4 amide bonds. The van der Waals surface area contributed by atoms with Gasteiger partial charge in [0.1, 0.15) is 23.7 Å². The zero-order valence-electron chi connectivity index (χ0n) is 33.3. The number of benzene rings is 2. The predicted molar refractivity (Wildman–Crippen MR) is 217 cm³/mol. The number of imidazole rings is 1. The molecule has 2 heterocycles. The summed E-state index contributed by atoms with van der Waals surface area (Å²) >= 11 is 0. The second-order valence-corrected chi connectivity index (χ2v) is 15.5. The minimum absolute atomic E-state index is 0.0194. The Hall–Kier alpha value is -5.34. The van der Waals surface area contributed by atoms with Gasteiger partial charge in [-0.05, 0) is 55.2 Å². The maximum Gasteiger partial charge on any atom is 0.258 e. The lowest BCUT2D eigenvalue weighted by atomic mass is 9.81. The summed E-state index contributed by atoms with van der Waals surface area (Å²) in [7, 11) is 1.52. The van der Waals surface area contributed by atoms with Gasteiger partial charge in [0, 0.05) is 42.9 Å². The number of nitrogens with zero attached hydrogens (tertiary/aromatic N) is 3. The average Bonchev–Trinajstić information content (AvgIpc) is 3.73. The number of hydrogen-bond acceptors (Lipinski definition) is 9. The molecule has 5 rings (SSSR count). The Morgan fingerprint density at radius 3 is 2.33 bits per heavy atom. The van der Waals surface area contributed by atoms with E-state index < -0.39 is 59.9 Å².